The molecule has 0 bridgehead atoms. The van der Waals surface area contributed by atoms with Gasteiger partial charge in [0.15, 0.2) is 0 Å². The van der Waals surface area contributed by atoms with Crippen molar-refractivity contribution in [1.82, 2.24) is 15.2 Å². The number of nitrogens with one attached hydrogen (secondary N) is 2. The van der Waals surface area contributed by atoms with Gasteiger partial charge in [0, 0.05) is 20.3 Å². The van der Waals surface area contributed by atoms with Crippen LogP contribution < -0.4 is 10.6 Å². The highest BCUT2D eigenvalue weighted by atomic mass is 16.2. The van der Waals surface area contributed by atoms with Gasteiger partial charge in [-0.3, -0.25) is 4.79 Å². The van der Waals surface area contributed by atoms with Gasteiger partial charge in [-0.25, -0.2) is 9.78 Å². The summed E-state index contributed by atoms with van der Waals surface area (Å²) < 4.78 is 0. The number of amides is 3. The van der Waals surface area contributed by atoms with Crippen LogP contribution >= 0.6 is 0 Å². The number of urea groups is 1. The molecule has 1 aromatic heterocycles. The molecular formula is C12H18N4O2. The Hall–Kier alpha value is -2.11. The first-order chi connectivity index (χ1) is 8.52. The Balaban J connectivity index is 2.47. The van der Waals surface area contributed by atoms with Crippen LogP contribution in [0, 0.1) is 0 Å². The van der Waals surface area contributed by atoms with E-state index in [1.807, 2.05) is 19.1 Å². The van der Waals surface area contributed by atoms with E-state index in [4.69, 9.17) is 0 Å². The van der Waals surface area contributed by atoms with E-state index < -0.39 is 0 Å². The van der Waals surface area contributed by atoms with Crippen molar-refractivity contribution in [2.75, 3.05) is 26.0 Å². The molecule has 0 spiro atoms. The first-order valence-electron chi connectivity index (χ1n) is 5.73. The van der Waals surface area contributed by atoms with Crippen molar-refractivity contribution < 1.29 is 9.59 Å². The smallest absolute Gasteiger partial charge is 0.317 e. The standard InChI is InChI=1S/C12H18N4O2/c1-4-9-5-6-13-10(7-9)15-11(17)8-14-12(18)16(2)3/h5-7H,4,8H2,1-3H3,(H,14,18)(H,13,15,17). The van der Waals surface area contributed by atoms with Crippen molar-refractivity contribution in [2.45, 2.75) is 13.3 Å². The summed E-state index contributed by atoms with van der Waals surface area (Å²) in [6, 6.07) is 3.40. The molecule has 0 aromatic carbocycles. The molecule has 1 rings (SSSR count). The maximum absolute atomic E-state index is 11.6. The zero-order valence-electron chi connectivity index (χ0n) is 10.9. The molecule has 0 unspecified atom stereocenters. The van der Waals surface area contributed by atoms with Crippen LogP contribution in [0.3, 0.4) is 0 Å². The molecule has 0 aliphatic heterocycles. The molecule has 0 radical (unpaired) electrons. The molecule has 2 N–H and O–H groups in total. The minimum Gasteiger partial charge on any atom is -0.331 e. The molecule has 18 heavy (non-hydrogen) atoms. The number of nitrogens with zero attached hydrogens (tertiary/aromatic N) is 2. The summed E-state index contributed by atoms with van der Waals surface area (Å²) in [5, 5.41) is 5.11. The molecule has 1 aromatic rings. The van der Waals surface area contributed by atoms with Crippen molar-refractivity contribution in [1.29, 1.82) is 0 Å². The first kappa shape index (κ1) is 14.0. The van der Waals surface area contributed by atoms with Crippen LogP contribution in [0.4, 0.5) is 10.6 Å². The van der Waals surface area contributed by atoms with Gasteiger partial charge in [-0.15, -0.1) is 0 Å². The normalized spacial score (nSPS) is 9.72. The number of hydrogen-bond acceptors (Lipinski definition) is 3. The molecule has 98 valence electrons. The molecule has 0 fully saturated rings. The highest BCUT2D eigenvalue weighted by Crippen LogP contribution is 2.06. The average molecular weight is 250 g/mol. The summed E-state index contributed by atoms with van der Waals surface area (Å²) >= 11 is 0. The van der Waals surface area contributed by atoms with Crippen molar-refractivity contribution >= 4 is 17.8 Å². The monoisotopic (exact) mass is 250 g/mol. The molecule has 6 heteroatoms. The van der Waals surface area contributed by atoms with E-state index in [0.717, 1.165) is 12.0 Å². The maximum atomic E-state index is 11.6. The second-order valence-corrected chi connectivity index (χ2v) is 4.00. The van der Waals surface area contributed by atoms with E-state index in [9.17, 15) is 9.59 Å². The number of rotatable bonds is 4. The highest BCUT2D eigenvalue weighted by Gasteiger charge is 2.07. The van der Waals surface area contributed by atoms with Crippen molar-refractivity contribution in [3.8, 4) is 0 Å². The molecule has 0 saturated heterocycles. The van der Waals surface area contributed by atoms with E-state index >= 15 is 0 Å². The van der Waals surface area contributed by atoms with Crippen LogP contribution in [0.15, 0.2) is 18.3 Å². The summed E-state index contributed by atoms with van der Waals surface area (Å²) in [6.45, 7) is 1.95. The first-order valence-corrected chi connectivity index (χ1v) is 5.73. The lowest BCUT2D eigenvalue weighted by Crippen LogP contribution is -2.39. The fraction of sp³-hybridized carbons (Fsp3) is 0.417. The number of aromatic nitrogens is 1. The molecule has 1 heterocycles. The van der Waals surface area contributed by atoms with Crippen LogP contribution in [0.2, 0.25) is 0 Å². The summed E-state index contributed by atoms with van der Waals surface area (Å²) in [6.07, 6.45) is 2.52. The van der Waals surface area contributed by atoms with Gasteiger partial charge in [0.25, 0.3) is 0 Å². The van der Waals surface area contributed by atoms with E-state index in [0.29, 0.717) is 5.82 Å². The quantitative estimate of drug-likeness (QED) is 0.832. The van der Waals surface area contributed by atoms with Crippen molar-refractivity contribution in [2.24, 2.45) is 0 Å². The summed E-state index contributed by atoms with van der Waals surface area (Å²) in [5.74, 6) is 0.199. The van der Waals surface area contributed by atoms with Gasteiger partial charge in [0.2, 0.25) is 5.91 Å². The third kappa shape index (κ3) is 4.40. The van der Waals surface area contributed by atoms with E-state index in [1.54, 1.807) is 20.3 Å². The number of pyridine rings is 1. The number of carbonyl (C=O) groups excluding carboxylic acids is 2. The van der Waals surface area contributed by atoms with Crippen LogP contribution in [0.5, 0.6) is 0 Å². The molecule has 0 aliphatic rings. The Bertz CT molecular complexity index is 432. The maximum Gasteiger partial charge on any atom is 0.317 e. The molecule has 3 amide bonds. The van der Waals surface area contributed by atoms with Gasteiger partial charge in [-0.05, 0) is 24.1 Å². The van der Waals surface area contributed by atoms with E-state index in [1.165, 1.54) is 4.90 Å². The third-order valence-electron chi connectivity index (χ3n) is 2.31. The van der Waals surface area contributed by atoms with Crippen LogP contribution in [-0.4, -0.2) is 42.5 Å². The van der Waals surface area contributed by atoms with Crippen LogP contribution in [0.1, 0.15) is 12.5 Å². The summed E-state index contributed by atoms with van der Waals surface area (Å²) in [4.78, 5) is 28.2. The molecule has 0 saturated carbocycles. The van der Waals surface area contributed by atoms with Crippen LogP contribution in [-0.2, 0) is 11.2 Å². The number of carbonyl (C=O) groups is 2. The summed E-state index contributed by atoms with van der Waals surface area (Å²) in [5.41, 5.74) is 1.10. The highest BCUT2D eigenvalue weighted by molar-refractivity contribution is 5.93. The Morgan fingerprint density at radius 1 is 1.39 bits per heavy atom. The van der Waals surface area contributed by atoms with Gasteiger partial charge < -0.3 is 15.5 Å². The van der Waals surface area contributed by atoms with Gasteiger partial charge in [0.05, 0.1) is 6.54 Å². The van der Waals surface area contributed by atoms with Gasteiger partial charge in [-0.2, -0.15) is 0 Å². The Labute approximate surface area is 106 Å². The molecule has 6 nitrogen and oxygen atoms in total. The predicted molar refractivity (Wildman–Crippen MR) is 69.3 cm³/mol. The van der Waals surface area contributed by atoms with Crippen LogP contribution in [0.25, 0.3) is 0 Å². The SMILES string of the molecule is CCc1ccnc(NC(=O)CNC(=O)N(C)C)c1. The fourth-order valence-corrected chi connectivity index (χ4v) is 1.26. The Kier molecular flexibility index (Phi) is 5.10. The van der Waals surface area contributed by atoms with E-state index in [2.05, 4.69) is 15.6 Å². The largest absolute Gasteiger partial charge is 0.331 e. The van der Waals surface area contributed by atoms with Crippen molar-refractivity contribution in [3.05, 3.63) is 23.9 Å². The van der Waals surface area contributed by atoms with Gasteiger partial charge >= 0.3 is 6.03 Å². The zero-order valence-corrected chi connectivity index (χ0v) is 10.9. The third-order valence-corrected chi connectivity index (χ3v) is 2.31. The fourth-order valence-electron chi connectivity index (χ4n) is 1.26. The lowest BCUT2D eigenvalue weighted by molar-refractivity contribution is -0.115. The Morgan fingerprint density at radius 2 is 2.11 bits per heavy atom. The lowest BCUT2D eigenvalue weighted by Gasteiger charge is -2.11. The van der Waals surface area contributed by atoms with Gasteiger partial charge in [0.1, 0.15) is 5.82 Å². The lowest BCUT2D eigenvalue weighted by atomic mass is 10.2. The number of anilines is 1. The Morgan fingerprint density at radius 3 is 2.72 bits per heavy atom. The second-order valence-electron chi connectivity index (χ2n) is 4.00. The average Bonchev–Trinajstić information content (AvgIpc) is 2.36. The number of aryl methyl sites for hydroxylation is 1. The topological polar surface area (TPSA) is 74.3 Å². The second kappa shape index (κ2) is 6.58. The molecule has 0 atom stereocenters. The molecule has 0 aliphatic carbocycles. The minimum absolute atomic E-state index is 0.0744. The zero-order chi connectivity index (χ0) is 13.5. The predicted octanol–water partition coefficient (Wildman–Crippen LogP) is 0.854. The molecular weight excluding hydrogens is 232 g/mol. The van der Waals surface area contributed by atoms with Crippen molar-refractivity contribution in [3.63, 3.8) is 0 Å². The number of hydrogen-bond donors (Lipinski definition) is 2. The minimum atomic E-state index is -0.305. The summed E-state index contributed by atoms with van der Waals surface area (Å²) in [7, 11) is 3.22. The van der Waals surface area contributed by atoms with E-state index in [-0.39, 0.29) is 18.5 Å². The van der Waals surface area contributed by atoms with Gasteiger partial charge in [-0.1, -0.05) is 6.92 Å².